The Morgan fingerprint density at radius 3 is 2.65 bits per heavy atom. The van der Waals surface area contributed by atoms with Crippen LogP contribution in [0.15, 0.2) is 30.0 Å². The van der Waals surface area contributed by atoms with Crippen LogP contribution in [0.5, 0.6) is 0 Å². The second-order valence-electron chi connectivity index (χ2n) is 5.71. The number of rotatable bonds is 3. The molecule has 2 aliphatic heterocycles. The van der Waals surface area contributed by atoms with E-state index in [0.29, 0.717) is 28.6 Å². The van der Waals surface area contributed by atoms with Crippen molar-refractivity contribution in [1.29, 1.82) is 0 Å². The lowest BCUT2D eigenvalue weighted by atomic mass is 10.1. The third kappa shape index (κ3) is 3.67. The number of ether oxygens (including phenoxy) is 1. The van der Waals surface area contributed by atoms with Crippen LogP contribution in [0.4, 0.5) is 5.69 Å². The number of hydrogen-bond acceptors (Lipinski definition) is 3. The number of carbonyl (C=O) groups excluding carboxylic acids is 2. The van der Waals surface area contributed by atoms with Crippen molar-refractivity contribution in [3.63, 3.8) is 0 Å². The first-order chi connectivity index (χ1) is 11.1. The molecule has 2 heterocycles. The van der Waals surface area contributed by atoms with E-state index in [1.54, 1.807) is 24.3 Å². The highest BCUT2D eigenvalue weighted by atomic mass is 35.5. The summed E-state index contributed by atoms with van der Waals surface area (Å²) in [5, 5.41) is 3.13. The number of likely N-dealkylation sites (tertiary alicyclic amines) is 1. The van der Waals surface area contributed by atoms with Gasteiger partial charge in [0, 0.05) is 18.7 Å². The van der Waals surface area contributed by atoms with Gasteiger partial charge in [-0.1, -0.05) is 11.6 Å². The molecule has 1 aromatic rings. The van der Waals surface area contributed by atoms with Gasteiger partial charge in [0.15, 0.2) is 5.76 Å². The van der Waals surface area contributed by atoms with Crippen molar-refractivity contribution in [3.8, 4) is 0 Å². The normalized spacial score (nSPS) is 17.4. The van der Waals surface area contributed by atoms with Gasteiger partial charge in [-0.15, -0.1) is 0 Å². The molecule has 0 spiro atoms. The van der Waals surface area contributed by atoms with Gasteiger partial charge in [0.1, 0.15) is 0 Å². The van der Waals surface area contributed by atoms with Crippen LogP contribution in [0.2, 0.25) is 5.02 Å². The van der Waals surface area contributed by atoms with E-state index in [9.17, 15) is 9.59 Å². The number of hydrogen-bond donors (Lipinski definition) is 1. The summed E-state index contributed by atoms with van der Waals surface area (Å²) in [4.78, 5) is 26.5. The fourth-order valence-corrected chi connectivity index (χ4v) is 2.92. The Bertz CT molecular complexity index is 651. The largest absolute Gasteiger partial charge is 0.488 e. The van der Waals surface area contributed by atoms with Crippen LogP contribution in [0.3, 0.4) is 0 Å². The van der Waals surface area contributed by atoms with Gasteiger partial charge in [0.2, 0.25) is 0 Å². The third-order valence-corrected chi connectivity index (χ3v) is 4.34. The Labute approximate surface area is 140 Å². The lowest BCUT2D eigenvalue weighted by Gasteiger charge is -2.17. The van der Waals surface area contributed by atoms with Gasteiger partial charge in [0.25, 0.3) is 11.8 Å². The summed E-state index contributed by atoms with van der Waals surface area (Å²) < 4.78 is 5.34. The quantitative estimate of drug-likeness (QED) is 0.923. The summed E-state index contributed by atoms with van der Waals surface area (Å²) in [6.07, 6.45) is 5.58. The molecule has 23 heavy (non-hydrogen) atoms. The number of nitrogens with one attached hydrogen (secondary N) is 1. The minimum absolute atomic E-state index is 0.0252. The van der Waals surface area contributed by atoms with Crippen LogP contribution in [-0.4, -0.2) is 36.4 Å². The highest BCUT2D eigenvalue weighted by molar-refractivity contribution is 6.34. The number of allylic oxidation sites excluding steroid dienone is 1. The minimum atomic E-state index is -0.336. The predicted molar refractivity (Wildman–Crippen MR) is 88.5 cm³/mol. The SMILES string of the molecule is O=C(Nc1cc(C(=O)N2CCCC2)ccc1Cl)C1=CCCCO1. The van der Waals surface area contributed by atoms with Gasteiger partial charge in [-0.05, 0) is 50.0 Å². The average molecular weight is 335 g/mol. The molecule has 0 atom stereocenters. The molecule has 2 aliphatic rings. The molecule has 1 N–H and O–H groups in total. The maximum absolute atomic E-state index is 12.4. The predicted octanol–water partition coefficient (Wildman–Crippen LogP) is 3.21. The van der Waals surface area contributed by atoms with Gasteiger partial charge in [-0.25, -0.2) is 0 Å². The first kappa shape index (κ1) is 15.9. The summed E-state index contributed by atoms with van der Waals surface area (Å²) in [6, 6.07) is 4.95. The standard InChI is InChI=1S/C17H19ClN2O3/c18-13-7-6-12(17(22)20-8-2-3-9-20)11-14(13)19-16(21)15-5-1-4-10-23-15/h5-7,11H,1-4,8-10H2,(H,19,21). The second kappa shape index (κ2) is 7.04. The number of carbonyl (C=O) groups is 2. The number of benzene rings is 1. The number of nitrogens with zero attached hydrogens (tertiary/aromatic N) is 1. The van der Waals surface area contributed by atoms with Crippen LogP contribution >= 0.6 is 11.6 Å². The molecule has 5 nitrogen and oxygen atoms in total. The van der Waals surface area contributed by atoms with Gasteiger partial charge < -0.3 is 15.0 Å². The van der Waals surface area contributed by atoms with E-state index in [1.165, 1.54) is 0 Å². The zero-order valence-corrected chi connectivity index (χ0v) is 13.6. The van der Waals surface area contributed by atoms with Crippen molar-refractivity contribution >= 4 is 29.1 Å². The molecular formula is C17H19ClN2O3. The first-order valence-electron chi connectivity index (χ1n) is 7.88. The fraction of sp³-hybridized carbons (Fsp3) is 0.412. The van der Waals surface area contributed by atoms with Crippen molar-refractivity contribution in [2.45, 2.75) is 25.7 Å². The Hall–Kier alpha value is -2.01. The zero-order chi connectivity index (χ0) is 16.2. The van der Waals surface area contributed by atoms with Crippen molar-refractivity contribution in [2.75, 3.05) is 25.0 Å². The van der Waals surface area contributed by atoms with Crippen LogP contribution in [0.1, 0.15) is 36.0 Å². The fourth-order valence-electron chi connectivity index (χ4n) is 2.76. The molecule has 0 unspecified atom stereocenters. The van der Waals surface area contributed by atoms with E-state index in [2.05, 4.69) is 5.32 Å². The van der Waals surface area contributed by atoms with Crippen LogP contribution < -0.4 is 5.32 Å². The van der Waals surface area contributed by atoms with E-state index < -0.39 is 0 Å². The molecule has 0 aliphatic carbocycles. The summed E-state index contributed by atoms with van der Waals surface area (Å²) in [5.41, 5.74) is 0.960. The molecule has 6 heteroatoms. The van der Waals surface area contributed by atoms with Crippen molar-refractivity contribution in [3.05, 3.63) is 40.6 Å². The smallest absolute Gasteiger partial charge is 0.290 e. The van der Waals surface area contributed by atoms with Crippen LogP contribution in [0.25, 0.3) is 0 Å². The minimum Gasteiger partial charge on any atom is -0.488 e. The van der Waals surface area contributed by atoms with Crippen molar-refractivity contribution < 1.29 is 14.3 Å². The monoisotopic (exact) mass is 334 g/mol. The summed E-state index contributed by atoms with van der Waals surface area (Å²) in [6.45, 7) is 2.11. The first-order valence-corrected chi connectivity index (χ1v) is 8.26. The van der Waals surface area contributed by atoms with Crippen molar-refractivity contribution in [1.82, 2.24) is 4.90 Å². The number of amides is 2. The molecular weight excluding hydrogens is 316 g/mol. The Balaban J connectivity index is 1.76. The van der Waals surface area contributed by atoms with E-state index in [-0.39, 0.29) is 11.8 Å². The van der Waals surface area contributed by atoms with Gasteiger partial charge in [0.05, 0.1) is 17.3 Å². The second-order valence-corrected chi connectivity index (χ2v) is 6.11. The van der Waals surface area contributed by atoms with E-state index in [1.807, 2.05) is 4.90 Å². The molecule has 0 aromatic heterocycles. The molecule has 0 bridgehead atoms. The summed E-state index contributed by atoms with van der Waals surface area (Å²) >= 11 is 6.14. The number of anilines is 1. The molecule has 1 aromatic carbocycles. The summed E-state index contributed by atoms with van der Waals surface area (Å²) in [5.74, 6) is -0.0521. The lowest BCUT2D eigenvalue weighted by molar-refractivity contribution is -0.116. The van der Waals surface area contributed by atoms with E-state index >= 15 is 0 Å². The summed E-state index contributed by atoms with van der Waals surface area (Å²) in [7, 11) is 0. The average Bonchev–Trinajstić information content (AvgIpc) is 3.11. The lowest BCUT2D eigenvalue weighted by Crippen LogP contribution is -2.27. The highest BCUT2D eigenvalue weighted by Gasteiger charge is 2.21. The van der Waals surface area contributed by atoms with E-state index in [4.69, 9.17) is 16.3 Å². The molecule has 3 rings (SSSR count). The van der Waals surface area contributed by atoms with Crippen LogP contribution in [0, 0.1) is 0 Å². The third-order valence-electron chi connectivity index (χ3n) is 4.01. The maximum Gasteiger partial charge on any atom is 0.290 e. The maximum atomic E-state index is 12.4. The number of halogens is 1. The molecule has 0 radical (unpaired) electrons. The van der Waals surface area contributed by atoms with Gasteiger partial charge >= 0.3 is 0 Å². The van der Waals surface area contributed by atoms with Crippen LogP contribution in [-0.2, 0) is 9.53 Å². The zero-order valence-electron chi connectivity index (χ0n) is 12.8. The highest BCUT2D eigenvalue weighted by Crippen LogP contribution is 2.25. The Morgan fingerprint density at radius 2 is 1.96 bits per heavy atom. The Kier molecular flexibility index (Phi) is 4.86. The topological polar surface area (TPSA) is 58.6 Å². The van der Waals surface area contributed by atoms with E-state index in [0.717, 1.165) is 38.8 Å². The molecule has 1 saturated heterocycles. The van der Waals surface area contributed by atoms with Crippen molar-refractivity contribution in [2.24, 2.45) is 0 Å². The molecule has 1 fully saturated rings. The molecule has 122 valence electrons. The van der Waals surface area contributed by atoms with Gasteiger partial charge in [-0.2, -0.15) is 0 Å². The Morgan fingerprint density at radius 1 is 1.17 bits per heavy atom. The molecule has 2 amide bonds. The van der Waals surface area contributed by atoms with Gasteiger partial charge in [-0.3, -0.25) is 9.59 Å². The molecule has 0 saturated carbocycles.